The number of para-hydroxylation sites is 2. The first-order valence-corrected chi connectivity index (χ1v) is 7.88. The SMILES string of the molecule is O=C(c1cnc2ccccc2n1)N1CC[C@H](Oc2ccccn2)C1. The van der Waals surface area contributed by atoms with Crippen molar-refractivity contribution in [3.05, 3.63) is 60.6 Å². The van der Waals surface area contributed by atoms with Gasteiger partial charge in [0, 0.05) is 25.2 Å². The van der Waals surface area contributed by atoms with E-state index in [1.807, 2.05) is 42.5 Å². The monoisotopic (exact) mass is 320 g/mol. The van der Waals surface area contributed by atoms with Gasteiger partial charge in [-0.2, -0.15) is 0 Å². The predicted octanol–water partition coefficient (Wildman–Crippen LogP) is 2.32. The molecule has 4 rings (SSSR count). The molecule has 1 amide bonds. The van der Waals surface area contributed by atoms with Gasteiger partial charge in [-0.1, -0.05) is 18.2 Å². The maximum atomic E-state index is 12.6. The maximum absolute atomic E-state index is 12.6. The number of carbonyl (C=O) groups excluding carboxylic acids is 1. The summed E-state index contributed by atoms with van der Waals surface area (Å²) in [5.41, 5.74) is 1.88. The van der Waals surface area contributed by atoms with Crippen LogP contribution in [0.2, 0.25) is 0 Å². The van der Waals surface area contributed by atoms with Gasteiger partial charge in [-0.3, -0.25) is 9.78 Å². The predicted molar refractivity (Wildman–Crippen MR) is 88.7 cm³/mol. The first-order chi connectivity index (χ1) is 11.8. The topological polar surface area (TPSA) is 68.2 Å². The summed E-state index contributed by atoms with van der Waals surface area (Å²) in [5, 5.41) is 0. The average molecular weight is 320 g/mol. The van der Waals surface area contributed by atoms with Gasteiger partial charge in [-0.15, -0.1) is 0 Å². The number of hydrogen-bond donors (Lipinski definition) is 0. The van der Waals surface area contributed by atoms with Gasteiger partial charge in [0.05, 0.1) is 23.8 Å². The molecule has 3 heterocycles. The van der Waals surface area contributed by atoms with Crippen molar-refractivity contribution in [2.24, 2.45) is 0 Å². The average Bonchev–Trinajstić information content (AvgIpc) is 3.10. The second-order valence-electron chi connectivity index (χ2n) is 5.69. The molecule has 0 unspecified atom stereocenters. The van der Waals surface area contributed by atoms with E-state index < -0.39 is 0 Å². The number of likely N-dealkylation sites (tertiary alicyclic amines) is 1. The third kappa shape index (κ3) is 2.90. The zero-order valence-electron chi connectivity index (χ0n) is 13.0. The minimum atomic E-state index is -0.111. The minimum Gasteiger partial charge on any atom is -0.472 e. The van der Waals surface area contributed by atoms with Crippen LogP contribution >= 0.6 is 0 Å². The highest BCUT2D eigenvalue weighted by Crippen LogP contribution is 2.18. The van der Waals surface area contributed by atoms with E-state index in [4.69, 9.17) is 4.74 Å². The van der Waals surface area contributed by atoms with Crippen LogP contribution in [0.5, 0.6) is 5.88 Å². The van der Waals surface area contributed by atoms with E-state index in [9.17, 15) is 4.79 Å². The number of pyridine rings is 1. The number of amides is 1. The fraction of sp³-hybridized carbons (Fsp3) is 0.222. The van der Waals surface area contributed by atoms with E-state index in [1.54, 1.807) is 11.1 Å². The molecule has 1 aliphatic heterocycles. The molecule has 1 fully saturated rings. The fourth-order valence-electron chi connectivity index (χ4n) is 2.82. The molecule has 6 heteroatoms. The fourth-order valence-corrected chi connectivity index (χ4v) is 2.82. The molecule has 2 aromatic heterocycles. The molecule has 120 valence electrons. The van der Waals surface area contributed by atoms with E-state index in [0.717, 1.165) is 17.5 Å². The highest BCUT2D eigenvalue weighted by Gasteiger charge is 2.29. The van der Waals surface area contributed by atoms with Gasteiger partial charge in [0.2, 0.25) is 5.88 Å². The first kappa shape index (κ1) is 14.6. The van der Waals surface area contributed by atoms with Gasteiger partial charge in [-0.05, 0) is 18.2 Å². The van der Waals surface area contributed by atoms with Crippen molar-refractivity contribution in [3.63, 3.8) is 0 Å². The molecule has 0 spiro atoms. The lowest BCUT2D eigenvalue weighted by atomic mass is 10.3. The molecule has 0 aliphatic carbocycles. The van der Waals surface area contributed by atoms with Crippen molar-refractivity contribution < 1.29 is 9.53 Å². The Balaban J connectivity index is 1.46. The molecular formula is C18H16N4O2. The van der Waals surface area contributed by atoms with E-state index in [0.29, 0.717) is 24.7 Å². The van der Waals surface area contributed by atoms with Crippen molar-refractivity contribution in [2.75, 3.05) is 13.1 Å². The van der Waals surface area contributed by atoms with Crippen LogP contribution in [0.15, 0.2) is 54.9 Å². The Labute approximate surface area is 139 Å². The van der Waals surface area contributed by atoms with Crippen LogP contribution in [0.25, 0.3) is 11.0 Å². The molecule has 6 nitrogen and oxygen atoms in total. The van der Waals surface area contributed by atoms with Crippen LogP contribution in [0.4, 0.5) is 0 Å². The Bertz CT molecular complexity index is 869. The van der Waals surface area contributed by atoms with E-state index in [2.05, 4.69) is 15.0 Å². The third-order valence-electron chi connectivity index (χ3n) is 4.03. The Hall–Kier alpha value is -3.02. The lowest BCUT2D eigenvalue weighted by Crippen LogP contribution is -2.31. The summed E-state index contributed by atoms with van der Waals surface area (Å²) < 4.78 is 5.82. The van der Waals surface area contributed by atoms with Crippen molar-refractivity contribution >= 4 is 16.9 Å². The standard InChI is InChI=1S/C18H16N4O2/c23-18(16-11-20-14-5-1-2-6-15(14)21-16)22-10-8-13(12-22)24-17-7-3-4-9-19-17/h1-7,9,11,13H,8,10,12H2/t13-/m0/s1. The number of hydrogen-bond acceptors (Lipinski definition) is 5. The summed E-state index contributed by atoms with van der Waals surface area (Å²) in [4.78, 5) is 27.3. The molecule has 0 bridgehead atoms. The largest absolute Gasteiger partial charge is 0.472 e. The van der Waals surface area contributed by atoms with Gasteiger partial charge in [0.15, 0.2) is 0 Å². The molecule has 1 aliphatic rings. The number of rotatable bonds is 3. The summed E-state index contributed by atoms with van der Waals surface area (Å²) in [6.45, 7) is 1.18. The molecule has 0 saturated carbocycles. The number of benzene rings is 1. The molecule has 24 heavy (non-hydrogen) atoms. The van der Waals surface area contributed by atoms with Gasteiger partial charge in [0.25, 0.3) is 5.91 Å². The van der Waals surface area contributed by atoms with E-state index in [1.165, 1.54) is 6.20 Å². The lowest BCUT2D eigenvalue weighted by Gasteiger charge is -2.16. The zero-order valence-corrected chi connectivity index (χ0v) is 13.0. The maximum Gasteiger partial charge on any atom is 0.274 e. The van der Waals surface area contributed by atoms with Gasteiger partial charge < -0.3 is 9.64 Å². The van der Waals surface area contributed by atoms with Crippen molar-refractivity contribution in [2.45, 2.75) is 12.5 Å². The van der Waals surface area contributed by atoms with E-state index >= 15 is 0 Å². The van der Waals surface area contributed by atoms with Crippen molar-refractivity contribution in [1.82, 2.24) is 19.9 Å². The van der Waals surface area contributed by atoms with Crippen LogP contribution < -0.4 is 4.74 Å². The van der Waals surface area contributed by atoms with Gasteiger partial charge >= 0.3 is 0 Å². The summed E-state index contributed by atoms with van der Waals surface area (Å²) in [7, 11) is 0. The smallest absolute Gasteiger partial charge is 0.274 e. The highest BCUT2D eigenvalue weighted by atomic mass is 16.5. The number of ether oxygens (including phenoxy) is 1. The second-order valence-corrected chi connectivity index (χ2v) is 5.69. The molecule has 1 atom stereocenters. The third-order valence-corrected chi connectivity index (χ3v) is 4.03. The number of fused-ring (bicyclic) bond motifs is 1. The Morgan fingerprint density at radius 3 is 2.75 bits per heavy atom. The number of nitrogens with zero attached hydrogens (tertiary/aromatic N) is 4. The number of aromatic nitrogens is 3. The molecular weight excluding hydrogens is 304 g/mol. The van der Waals surface area contributed by atoms with Crippen LogP contribution in [-0.4, -0.2) is 45.0 Å². The van der Waals surface area contributed by atoms with Crippen molar-refractivity contribution in [3.8, 4) is 5.88 Å². The molecule has 1 aromatic carbocycles. The van der Waals surface area contributed by atoms with Crippen molar-refractivity contribution in [1.29, 1.82) is 0 Å². The molecule has 0 radical (unpaired) electrons. The Kier molecular flexibility index (Phi) is 3.78. The normalized spacial score (nSPS) is 17.2. The molecule has 3 aromatic rings. The Morgan fingerprint density at radius 2 is 1.92 bits per heavy atom. The van der Waals surface area contributed by atoms with Crippen LogP contribution in [0, 0.1) is 0 Å². The Morgan fingerprint density at radius 1 is 1.08 bits per heavy atom. The zero-order chi connectivity index (χ0) is 16.4. The second kappa shape index (κ2) is 6.23. The van der Waals surface area contributed by atoms with Gasteiger partial charge in [0.1, 0.15) is 11.8 Å². The molecule has 1 saturated heterocycles. The number of carbonyl (C=O) groups is 1. The van der Waals surface area contributed by atoms with E-state index in [-0.39, 0.29) is 12.0 Å². The van der Waals surface area contributed by atoms with Crippen LogP contribution in [0.3, 0.4) is 0 Å². The summed E-state index contributed by atoms with van der Waals surface area (Å²) >= 11 is 0. The minimum absolute atomic E-state index is 0.0442. The van der Waals surface area contributed by atoms with Gasteiger partial charge in [-0.25, -0.2) is 9.97 Å². The summed E-state index contributed by atoms with van der Waals surface area (Å²) in [5.74, 6) is 0.475. The lowest BCUT2D eigenvalue weighted by molar-refractivity contribution is 0.0765. The summed E-state index contributed by atoms with van der Waals surface area (Å²) in [6, 6.07) is 13.1. The van der Waals surface area contributed by atoms with Crippen LogP contribution in [0.1, 0.15) is 16.9 Å². The first-order valence-electron chi connectivity index (χ1n) is 7.88. The molecule has 0 N–H and O–H groups in total. The highest BCUT2D eigenvalue weighted by molar-refractivity contribution is 5.94. The van der Waals surface area contributed by atoms with Crippen LogP contribution in [-0.2, 0) is 0 Å². The summed E-state index contributed by atoms with van der Waals surface area (Å²) in [6.07, 6.45) is 3.97. The quantitative estimate of drug-likeness (QED) is 0.741.